The molecule has 1 aromatic rings. The van der Waals surface area contributed by atoms with Crippen LogP contribution in [0.1, 0.15) is 45.2 Å². The zero-order valence-electron chi connectivity index (χ0n) is 10.8. The van der Waals surface area contributed by atoms with Crippen LogP contribution >= 0.6 is 0 Å². The molecule has 1 N–H and O–H groups in total. The SMILES string of the molecule is Cn1nccc1C1CCC1CNC(C)(C)C. The van der Waals surface area contributed by atoms with Crippen LogP contribution in [0.15, 0.2) is 12.3 Å². The van der Waals surface area contributed by atoms with E-state index in [0.29, 0.717) is 5.92 Å². The third kappa shape index (κ3) is 2.46. The first-order valence-electron chi connectivity index (χ1n) is 6.20. The maximum absolute atomic E-state index is 4.26. The van der Waals surface area contributed by atoms with Gasteiger partial charge in [0.25, 0.3) is 0 Å². The molecule has 0 aromatic carbocycles. The van der Waals surface area contributed by atoms with Gasteiger partial charge in [-0.25, -0.2) is 0 Å². The largest absolute Gasteiger partial charge is 0.312 e. The van der Waals surface area contributed by atoms with Gasteiger partial charge in [-0.3, -0.25) is 4.68 Å². The highest BCUT2D eigenvalue weighted by Crippen LogP contribution is 2.41. The second kappa shape index (κ2) is 4.21. The van der Waals surface area contributed by atoms with Gasteiger partial charge in [-0.05, 0) is 52.1 Å². The van der Waals surface area contributed by atoms with Crippen LogP contribution < -0.4 is 5.32 Å². The molecule has 1 fully saturated rings. The van der Waals surface area contributed by atoms with E-state index in [1.54, 1.807) is 0 Å². The van der Waals surface area contributed by atoms with Crippen LogP contribution in [0.4, 0.5) is 0 Å². The molecule has 0 bridgehead atoms. The molecule has 1 heterocycles. The summed E-state index contributed by atoms with van der Waals surface area (Å²) in [7, 11) is 2.04. The molecule has 1 aliphatic carbocycles. The van der Waals surface area contributed by atoms with Gasteiger partial charge in [0.15, 0.2) is 0 Å². The normalized spacial score (nSPS) is 25.5. The lowest BCUT2D eigenvalue weighted by atomic mass is 9.71. The molecule has 2 rings (SSSR count). The minimum absolute atomic E-state index is 0.229. The van der Waals surface area contributed by atoms with E-state index in [-0.39, 0.29) is 5.54 Å². The highest BCUT2D eigenvalue weighted by atomic mass is 15.3. The first-order valence-corrected chi connectivity index (χ1v) is 6.20. The van der Waals surface area contributed by atoms with E-state index in [1.807, 2.05) is 17.9 Å². The topological polar surface area (TPSA) is 29.9 Å². The fraction of sp³-hybridized carbons (Fsp3) is 0.769. The number of rotatable bonds is 3. The van der Waals surface area contributed by atoms with Crippen LogP contribution in [0.3, 0.4) is 0 Å². The Labute approximate surface area is 98.2 Å². The lowest BCUT2D eigenvalue weighted by molar-refractivity contribution is 0.217. The number of aryl methyl sites for hydroxylation is 1. The lowest BCUT2D eigenvalue weighted by Gasteiger charge is -2.38. The van der Waals surface area contributed by atoms with Crippen molar-refractivity contribution in [2.45, 2.75) is 45.1 Å². The fourth-order valence-corrected chi connectivity index (χ4v) is 2.39. The number of nitrogens with zero attached hydrogens (tertiary/aromatic N) is 2. The van der Waals surface area contributed by atoms with Gasteiger partial charge in [-0.15, -0.1) is 0 Å². The number of hydrogen-bond acceptors (Lipinski definition) is 2. The highest BCUT2D eigenvalue weighted by molar-refractivity contribution is 5.13. The fourth-order valence-electron chi connectivity index (χ4n) is 2.39. The summed E-state index contributed by atoms with van der Waals surface area (Å²) >= 11 is 0. The van der Waals surface area contributed by atoms with Crippen LogP contribution in [-0.4, -0.2) is 21.9 Å². The van der Waals surface area contributed by atoms with E-state index in [0.717, 1.165) is 12.5 Å². The van der Waals surface area contributed by atoms with Gasteiger partial charge >= 0.3 is 0 Å². The van der Waals surface area contributed by atoms with Crippen LogP contribution in [0, 0.1) is 5.92 Å². The van der Waals surface area contributed by atoms with Crippen LogP contribution in [0.5, 0.6) is 0 Å². The van der Waals surface area contributed by atoms with Crippen molar-refractivity contribution in [3.63, 3.8) is 0 Å². The van der Waals surface area contributed by atoms with Gasteiger partial charge in [0.1, 0.15) is 0 Å². The Morgan fingerprint density at radius 1 is 1.44 bits per heavy atom. The molecule has 3 nitrogen and oxygen atoms in total. The molecule has 1 saturated carbocycles. The molecule has 16 heavy (non-hydrogen) atoms. The third-order valence-corrected chi connectivity index (χ3v) is 3.55. The molecular weight excluding hydrogens is 198 g/mol. The first kappa shape index (κ1) is 11.6. The van der Waals surface area contributed by atoms with Crippen molar-refractivity contribution in [1.29, 1.82) is 0 Å². The molecule has 1 aromatic heterocycles. The molecule has 0 spiro atoms. The predicted octanol–water partition coefficient (Wildman–Crippen LogP) is 2.30. The van der Waals surface area contributed by atoms with Gasteiger partial charge in [-0.2, -0.15) is 5.10 Å². The van der Waals surface area contributed by atoms with E-state index in [9.17, 15) is 0 Å². The molecule has 90 valence electrons. The van der Waals surface area contributed by atoms with Crippen LogP contribution in [0.2, 0.25) is 0 Å². The smallest absolute Gasteiger partial charge is 0.0492 e. The van der Waals surface area contributed by atoms with Crippen molar-refractivity contribution >= 4 is 0 Å². The summed E-state index contributed by atoms with van der Waals surface area (Å²) in [6.07, 6.45) is 4.57. The van der Waals surface area contributed by atoms with E-state index < -0.39 is 0 Å². The molecule has 0 amide bonds. The van der Waals surface area contributed by atoms with Crippen LogP contribution in [0.25, 0.3) is 0 Å². The van der Waals surface area contributed by atoms with Gasteiger partial charge < -0.3 is 5.32 Å². The van der Waals surface area contributed by atoms with Crippen molar-refractivity contribution in [2.24, 2.45) is 13.0 Å². The number of nitrogens with one attached hydrogen (secondary N) is 1. The first-order chi connectivity index (χ1) is 7.47. The summed E-state index contributed by atoms with van der Waals surface area (Å²) in [4.78, 5) is 0. The summed E-state index contributed by atoms with van der Waals surface area (Å²) in [6, 6.07) is 2.16. The van der Waals surface area contributed by atoms with Crippen molar-refractivity contribution in [3.8, 4) is 0 Å². The molecule has 0 aliphatic heterocycles. The van der Waals surface area contributed by atoms with Gasteiger partial charge in [0.2, 0.25) is 0 Å². The van der Waals surface area contributed by atoms with E-state index in [1.165, 1.54) is 18.5 Å². The molecule has 0 radical (unpaired) electrons. The third-order valence-electron chi connectivity index (χ3n) is 3.55. The van der Waals surface area contributed by atoms with Crippen molar-refractivity contribution < 1.29 is 0 Å². The van der Waals surface area contributed by atoms with Crippen molar-refractivity contribution in [2.75, 3.05) is 6.54 Å². The Morgan fingerprint density at radius 3 is 2.62 bits per heavy atom. The van der Waals surface area contributed by atoms with Crippen LogP contribution in [-0.2, 0) is 7.05 Å². The molecular formula is C13H23N3. The van der Waals surface area contributed by atoms with Gasteiger partial charge in [0.05, 0.1) is 0 Å². The minimum Gasteiger partial charge on any atom is -0.312 e. The van der Waals surface area contributed by atoms with Crippen molar-refractivity contribution in [3.05, 3.63) is 18.0 Å². The zero-order chi connectivity index (χ0) is 11.8. The van der Waals surface area contributed by atoms with E-state index >= 15 is 0 Å². The second-order valence-corrected chi connectivity index (χ2v) is 5.95. The summed E-state index contributed by atoms with van der Waals surface area (Å²) < 4.78 is 2.02. The maximum Gasteiger partial charge on any atom is 0.0492 e. The molecule has 0 saturated heterocycles. The molecule has 2 unspecified atom stereocenters. The Morgan fingerprint density at radius 2 is 2.19 bits per heavy atom. The monoisotopic (exact) mass is 221 g/mol. The molecule has 3 heteroatoms. The second-order valence-electron chi connectivity index (χ2n) is 5.95. The van der Waals surface area contributed by atoms with E-state index in [2.05, 4.69) is 37.3 Å². The zero-order valence-corrected chi connectivity index (χ0v) is 10.8. The summed E-state index contributed by atoms with van der Waals surface area (Å²) in [6.45, 7) is 7.81. The summed E-state index contributed by atoms with van der Waals surface area (Å²) in [5.74, 6) is 1.50. The van der Waals surface area contributed by atoms with Crippen molar-refractivity contribution in [1.82, 2.24) is 15.1 Å². The average molecular weight is 221 g/mol. The lowest BCUT2D eigenvalue weighted by Crippen LogP contribution is -2.43. The number of aromatic nitrogens is 2. The van der Waals surface area contributed by atoms with E-state index in [4.69, 9.17) is 0 Å². The summed E-state index contributed by atoms with van der Waals surface area (Å²) in [5.41, 5.74) is 1.62. The number of hydrogen-bond donors (Lipinski definition) is 1. The quantitative estimate of drug-likeness (QED) is 0.849. The Kier molecular flexibility index (Phi) is 3.06. The average Bonchev–Trinajstić information content (AvgIpc) is 2.48. The predicted molar refractivity (Wildman–Crippen MR) is 66.4 cm³/mol. The Hall–Kier alpha value is -0.830. The maximum atomic E-state index is 4.26. The Bertz CT molecular complexity index is 348. The standard InChI is InChI=1S/C13H23N3/c1-13(2,3)14-9-10-5-6-11(10)12-7-8-15-16(12)4/h7-8,10-11,14H,5-6,9H2,1-4H3. The highest BCUT2D eigenvalue weighted by Gasteiger charge is 2.34. The van der Waals surface area contributed by atoms with Gasteiger partial charge in [0, 0.05) is 30.4 Å². The minimum atomic E-state index is 0.229. The summed E-state index contributed by atoms with van der Waals surface area (Å²) in [5, 5.41) is 7.86. The molecule has 1 aliphatic rings. The Balaban J connectivity index is 1.92. The molecule has 2 atom stereocenters. The van der Waals surface area contributed by atoms with Gasteiger partial charge in [-0.1, -0.05) is 0 Å².